The van der Waals surface area contributed by atoms with Crippen LogP contribution >= 0.6 is 0 Å². The summed E-state index contributed by atoms with van der Waals surface area (Å²) in [5, 5.41) is 3.59. The van der Waals surface area contributed by atoms with Crippen LogP contribution < -0.4 is 0 Å². The fourth-order valence-electron chi connectivity index (χ4n) is 2.66. The summed E-state index contributed by atoms with van der Waals surface area (Å²) in [5.41, 5.74) is -0.596. The van der Waals surface area contributed by atoms with Crippen molar-refractivity contribution in [3.05, 3.63) is 23.5 Å². The molecule has 0 bridgehead atoms. The molecule has 3 rings (SSSR count). The van der Waals surface area contributed by atoms with Crippen molar-refractivity contribution in [3.63, 3.8) is 0 Å². The highest BCUT2D eigenvalue weighted by Gasteiger charge is 2.67. The Bertz CT molecular complexity index is 519. The van der Waals surface area contributed by atoms with Crippen molar-refractivity contribution in [2.45, 2.75) is 45.5 Å². The smallest absolute Gasteiger partial charge is 0.236 e. The van der Waals surface area contributed by atoms with E-state index in [4.69, 9.17) is 0 Å². The summed E-state index contributed by atoms with van der Waals surface area (Å²) in [4.78, 5) is 0. The van der Waals surface area contributed by atoms with Crippen molar-refractivity contribution >= 4 is 5.70 Å². The van der Waals surface area contributed by atoms with Crippen molar-refractivity contribution in [3.8, 4) is 0 Å². The Morgan fingerprint density at radius 2 is 2.00 bits per heavy atom. The van der Waals surface area contributed by atoms with Crippen LogP contribution in [0, 0.1) is 5.92 Å². The van der Waals surface area contributed by atoms with E-state index in [-0.39, 0.29) is 23.4 Å². The van der Waals surface area contributed by atoms with Gasteiger partial charge >= 0.3 is 0 Å². The number of rotatable bonds is 2. The number of hydrogen-bond donors (Lipinski definition) is 0. The molecule has 19 heavy (non-hydrogen) atoms. The van der Waals surface area contributed by atoms with E-state index in [2.05, 4.69) is 11.7 Å². The average molecular weight is 276 g/mol. The van der Waals surface area contributed by atoms with Crippen molar-refractivity contribution < 1.29 is 17.6 Å². The van der Waals surface area contributed by atoms with Gasteiger partial charge in [-0.2, -0.15) is 13.9 Å². The van der Waals surface area contributed by atoms with Gasteiger partial charge in [-0.3, -0.25) is 0 Å². The number of aromatic nitrogens is 2. The van der Waals surface area contributed by atoms with Crippen molar-refractivity contribution in [1.29, 1.82) is 0 Å². The third-order valence-electron chi connectivity index (χ3n) is 3.46. The van der Waals surface area contributed by atoms with Crippen LogP contribution in [0.5, 0.6) is 0 Å². The van der Waals surface area contributed by atoms with Crippen LogP contribution in [-0.4, -0.2) is 9.78 Å². The van der Waals surface area contributed by atoms with Crippen LogP contribution in [0.4, 0.5) is 17.6 Å². The van der Waals surface area contributed by atoms with E-state index in [9.17, 15) is 17.6 Å². The van der Waals surface area contributed by atoms with Gasteiger partial charge in [0.15, 0.2) is 0 Å². The van der Waals surface area contributed by atoms with Gasteiger partial charge < -0.3 is 0 Å². The number of fused-ring (bicyclic) bond motifs is 3. The molecule has 1 heterocycles. The summed E-state index contributed by atoms with van der Waals surface area (Å²) < 4.78 is 54.3. The van der Waals surface area contributed by atoms with Crippen molar-refractivity contribution in [2.75, 3.05) is 0 Å². The summed E-state index contributed by atoms with van der Waals surface area (Å²) in [7, 11) is 0. The molecule has 1 fully saturated rings. The Balaban J connectivity index is 0.000000637. The Hall–Kier alpha value is -1.33. The zero-order valence-electron chi connectivity index (χ0n) is 11.1. The molecule has 2 atom stereocenters. The molecule has 0 amide bonds. The van der Waals surface area contributed by atoms with Crippen LogP contribution in [-0.2, 0) is 5.92 Å². The fourth-order valence-corrected chi connectivity index (χ4v) is 2.66. The van der Waals surface area contributed by atoms with E-state index in [0.29, 0.717) is 0 Å². The van der Waals surface area contributed by atoms with Crippen LogP contribution in [0.2, 0.25) is 0 Å². The van der Waals surface area contributed by atoms with Crippen LogP contribution in [0.1, 0.15) is 56.5 Å². The first kappa shape index (κ1) is 14.1. The largest absolute Gasteiger partial charge is 0.293 e. The molecule has 0 spiro atoms. The van der Waals surface area contributed by atoms with Crippen molar-refractivity contribution in [2.24, 2.45) is 5.92 Å². The zero-order chi connectivity index (χ0) is 14.5. The molecule has 6 heteroatoms. The standard InChI is InChI=1S/C11H10F4N2.C2H6/c1-4(2)17-9-7(8(16-17)10(12)13)5-3-6(5)11(9,14)15;1-2/h5-6,10H,1,3H2,2H3;1-2H3/t5?,6-;/m1./s1. The molecule has 2 aliphatic carbocycles. The lowest BCUT2D eigenvalue weighted by molar-refractivity contribution is -0.0288. The fraction of sp³-hybridized carbons (Fsp3) is 0.615. The van der Waals surface area contributed by atoms with E-state index in [1.807, 2.05) is 13.8 Å². The van der Waals surface area contributed by atoms with Crippen LogP contribution in [0.15, 0.2) is 6.58 Å². The Labute approximate surface area is 109 Å². The average Bonchev–Trinajstić information content (AvgIpc) is 2.97. The molecule has 0 N–H and O–H groups in total. The number of allylic oxidation sites excluding steroid dienone is 1. The molecule has 0 aromatic carbocycles. The molecular weight excluding hydrogens is 260 g/mol. The molecule has 0 radical (unpaired) electrons. The van der Waals surface area contributed by atoms with Gasteiger partial charge in [-0.25, -0.2) is 13.5 Å². The van der Waals surface area contributed by atoms with Gasteiger partial charge in [0.25, 0.3) is 12.3 Å². The monoisotopic (exact) mass is 276 g/mol. The summed E-state index contributed by atoms with van der Waals surface area (Å²) in [5.74, 6) is -4.32. The quantitative estimate of drug-likeness (QED) is 0.725. The van der Waals surface area contributed by atoms with Gasteiger partial charge in [0.2, 0.25) is 0 Å². The second-order valence-corrected chi connectivity index (χ2v) is 4.67. The maximum Gasteiger partial charge on any atom is 0.293 e. The summed E-state index contributed by atoms with van der Waals surface area (Å²) in [6, 6.07) is 0. The molecule has 1 unspecified atom stereocenters. The number of halogens is 4. The van der Waals surface area contributed by atoms with Gasteiger partial charge in [0.05, 0.1) is 0 Å². The van der Waals surface area contributed by atoms with Gasteiger partial charge in [-0.05, 0) is 19.3 Å². The Morgan fingerprint density at radius 1 is 1.42 bits per heavy atom. The Morgan fingerprint density at radius 3 is 2.47 bits per heavy atom. The lowest BCUT2D eigenvalue weighted by Gasteiger charge is -2.15. The first-order chi connectivity index (χ1) is 8.85. The highest BCUT2D eigenvalue weighted by Crippen LogP contribution is 2.68. The molecule has 2 nitrogen and oxygen atoms in total. The van der Waals surface area contributed by atoms with Gasteiger partial charge in [0, 0.05) is 17.2 Å². The second kappa shape index (κ2) is 4.35. The molecule has 0 aliphatic heterocycles. The van der Waals surface area contributed by atoms with E-state index in [1.165, 1.54) is 6.92 Å². The third-order valence-corrected chi connectivity index (χ3v) is 3.46. The molecule has 1 aromatic rings. The molecule has 1 aromatic heterocycles. The second-order valence-electron chi connectivity index (χ2n) is 4.67. The molecule has 106 valence electrons. The first-order valence-electron chi connectivity index (χ1n) is 6.30. The lowest BCUT2D eigenvalue weighted by atomic mass is 10.1. The summed E-state index contributed by atoms with van der Waals surface area (Å²) in [6.07, 6.45) is -2.54. The highest BCUT2D eigenvalue weighted by atomic mass is 19.3. The zero-order valence-corrected chi connectivity index (χ0v) is 11.1. The van der Waals surface area contributed by atoms with E-state index >= 15 is 0 Å². The van der Waals surface area contributed by atoms with E-state index in [0.717, 1.165) is 4.68 Å². The number of alkyl halides is 4. The minimum Gasteiger partial charge on any atom is -0.236 e. The molecule has 1 saturated carbocycles. The summed E-state index contributed by atoms with van der Waals surface area (Å²) in [6.45, 7) is 8.98. The molecular formula is C13H16F4N2. The summed E-state index contributed by atoms with van der Waals surface area (Å²) >= 11 is 0. The predicted octanol–water partition coefficient (Wildman–Crippen LogP) is 4.55. The number of hydrogen-bond acceptors (Lipinski definition) is 1. The molecule has 0 saturated heterocycles. The van der Waals surface area contributed by atoms with Gasteiger partial charge in [-0.15, -0.1) is 0 Å². The van der Waals surface area contributed by atoms with Gasteiger partial charge in [0.1, 0.15) is 11.4 Å². The van der Waals surface area contributed by atoms with Crippen molar-refractivity contribution in [1.82, 2.24) is 9.78 Å². The topological polar surface area (TPSA) is 17.8 Å². The first-order valence-corrected chi connectivity index (χ1v) is 6.30. The Kier molecular flexibility index (Phi) is 3.23. The predicted molar refractivity (Wildman–Crippen MR) is 64.3 cm³/mol. The SMILES string of the molecule is C=C(C)n1nc(C(F)F)c2c1C(F)(F)[C@@H]1CC21.CC. The maximum atomic E-state index is 13.9. The normalized spacial score (nSPS) is 25.5. The van der Waals surface area contributed by atoms with Gasteiger partial charge in [-0.1, -0.05) is 20.4 Å². The lowest BCUT2D eigenvalue weighted by Crippen LogP contribution is -2.19. The maximum absolute atomic E-state index is 13.9. The highest BCUT2D eigenvalue weighted by molar-refractivity contribution is 5.52. The number of nitrogens with zero attached hydrogens (tertiary/aromatic N) is 2. The van der Waals surface area contributed by atoms with Crippen LogP contribution in [0.25, 0.3) is 5.70 Å². The van der Waals surface area contributed by atoms with E-state index in [1.54, 1.807) is 0 Å². The van der Waals surface area contributed by atoms with E-state index < -0.39 is 29.9 Å². The minimum absolute atomic E-state index is 0.0537. The minimum atomic E-state index is -3.06. The third kappa shape index (κ3) is 1.80. The molecule has 2 aliphatic rings. The van der Waals surface area contributed by atoms with Crippen LogP contribution in [0.3, 0.4) is 0 Å².